The molecule has 1 aromatic heterocycles. The molecule has 0 unspecified atom stereocenters. The van der Waals surface area contributed by atoms with Crippen molar-refractivity contribution in [1.29, 1.82) is 5.26 Å². The van der Waals surface area contributed by atoms with E-state index in [2.05, 4.69) is 16.3 Å². The number of aromatic nitrogens is 2. The second kappa shape index (κ2) is 4.49. The molecule has 0 amide bonds. The number of hydrogen-bond acceptors (Lipinski definition) is 5. The van der Waals surface area contributed by atoms with Crippen LogP contribution in [-0.2, 0) is 6.61 Å². The van der Waals surface area contributed by atoms with Crippen molar-refractivity contribution in [2.45, 2.75) is 25.4 Å². The van der Waals surface area contributed by atoms with Gasteiger partial charge in [-0.3, -0.25) is 0 Å². The highest BCUT2D eigenvalue weighted by Gasteiger charge is 2.29. The molecule has 1 heterocycles. The van der Waals surface area contributed by atoms with Crippen LogP contribution >= 0.6 is 0 Å². The molecular formula is C13H11N3O2. The van der Waals surface area contributed by atoms with Crippen molar-refractivity contribution in [3.05, 3.63) is 41.6 Å². The van der Waals surface area contributed by atoms with Crippen molar-refractivity contribution in [3.8, 4) is 11.8 Å². The smallest absolute Gasteiger partial charge is 0.253 e. The SMILES string of the molecule is N#Cc1ccccc1OCc1nnc(C2CC2)o1. The second-order valence-corrected chi connectivity index (χ2v) is 4.20. The van der Waals surface area contributed by atoms with E-state index < -0.39 is 0 Å². The van der Waals surface area contributed by atoms with Gasteiger partial charge < -0.3 is 9.15 Å². The number of para-hydroxylation sites is 1. The molecule has 90 valence electrons. The first-order chi connectivity index (χ1) is 8.86. The molecule has 0 bridgehead atoms. The average molecular weight is 241 g/mol. The molecule has 5 heteroatoms. The lowest BCUT2D eigenvalue weighted by molar-refractivity contribution is 0.258. The van der Waals surface area contributed by atoms with E-state index in [1.54, 1.807) is 18.2 Å². The number of hydrogen-bond donors (Lipinski definition) is 0. The third-order valence-corrected chi connectivity index (χ3v) is 2.77. The predicted molar refractivity (Wildman–Crippen MR) is 61.8 cm³/mol. The van der Waals surface area contributed by atoms with Gasteiger partial charge in [0.25, 0.3) is 5.89 Å². The number of rotatable bonds is 4. The van der Waals surface area contributed by atoms with Crippen molar-refractivity contribution >= 4 is 0 Å². The van der Waals surface area contributed by atoms with E-state index in [-0.39, 0.29) is 6.61 Å². The molecule has 0 saturated heterocycles. The summed E-state index contributed by atoms with van der Waals surface area (Å²) >= 11 is 0. The predicted octanol–water partition coefficient (Wildman–Crippen LogP) is 2.40. The minimum absolute atomic E-state index is 0.193. The van der Waals surface area contributed by atoms with Crippen LogP contribution in [0.25, 0.3) is 0 Å². The van der Waals surface area contributed by atoms with E-state index in [0.717, 1.165) is 12.8 Å². The van der Waals surface area contributed by atoms with E-state index in [9.17, 15) is 0 Å². The first kappa shape index (κ1) is 10.8. The standard InChI is InChI=1S/C13H11N3O2/c14-7-10-3-1-2-4-11(10)17-8-12-15-16-13(18-12)9-5-6-9/h1-4,9H,5-6,8H2. The fourth-order valence-electron chi connectivity index (χ4n) is 1.64. The Labute approximate surface area is 104 Å². The highest BCUT2D eigenvalue weighted by atomic mass is 16.5. The van der Waals surface area contributed by atoms with E-state index in [1.165, 1.54) is 0 Å². The monoisotopic (exact) mass is 241 g/mol. The summed E-state index contributed by atoms with van der Waals surface area (Å²) in [5, 5.41) is 16.8. The molecule has 0 spiro atoms. The van der Waals surface area contributed by atoms with Crippen molar-refractivity contribution in [3.63, 3.8) is 0 Å². The molecule has 1 aliphatic rings. The molecule has 18 heavy (non-hydrogen) atoms. The van der Waals surface area contributed by atoms with Gasteiger partial charge in [-0.25, -0.2) is 0 Å². The maximum absolute atomic E-state index is 8.92. The van der Waals surface area contributed by atoms with Gasteiger partial charge in [0.15, 0.2) is 6.61 Å². The van der Waals surface area contributed by atoms with Crippen LogP contribution in [0, 0.1) is 11.3 Å². The maximum Gasteiger partial charge on any atom is 0.253 e. The summed E-state index contributed by atoms with van der Waals surface area (Å²) in [4.78, 5) is 0. The van der Waals surface area contributed by atoms with Gasteiger partial charge in [0, 0.05) is 5.92 Å². The molecule has 0 atom stereocenters. The zero-order valence-corrected chi connectivity index (χ0v) is 9.67. The van der Waals surface area contributed by atoms with Gasteiger partial charge >= 0.3 is 0 Å². The summed E-state index contributed by atoms with van der Waals surface area (Å²) in [6.45, 7) is 0.193. The molecule has 1 fully saturated rings. The molecule has 1 saturated carbocycles. The van der Waals surface area contributed by atoms with Crippen molar-refractivity contribution in [2.75, 3.05) is 0 Å². The molecule has 0 N–H and O–H groups in total. The largest absolute Gasteiger partial charge is 0.482 e. The third kappa shape index (κ3) is 2.18. The van der Waals surface area contributed by atoms with Crippen LogP contribution in [-0.4, -0.2) is 10.2 Å². The van der Waals surface area contributed by atoms with Crippen LogP contribution in [0.15, 0.2) is 28.7 Å². The molecule has 0 aliphatic heterocycles. The lowest BCUT2D eigenvalue weighted by Gasteiger charge is -2.04. The van der Waals surface area contributed by atoms with Crippen LogP contribution in [0.1, 0.15) is 36.1 Å². The molecule has 3 rings (SSSR count). The zero-order chi connectivity index (χ0) is 12.4. The Balaban J connectivity index is 1.68. The first-order valence-electron chi connectivity index (χ1n) is 5.81. The summed E-state index contributed by atoms with van der Waals surface area (Å²) in [5.74, 6) is 2.12. The number of ether oxygens (including phenoxy) is 1. The molecule has 0 radical (unpaired) electrons. The van der Waals surface area contributed by atoms with Crippen LogP contribution < -0.4 is 4.74 Å². The lowest BCUT2D eigenvalue weighted by atomic mass is 10.2. The summed E-state index contributed by atoms with van der Waals surface area (Å²) in [6, 6.07) is 9.14. The Morgan fingerprint density at radius 1 is 1.33 bits per heavy atom. The quantitative estimate of drug-likeness (QED) is 0.821. The van der Waals surface area contributed by atoms with Crippen molar-refractivity contribution in [1.82, 2.24) is 10.2 Å². The molecule has 2 aromatic rings. The van der Waals surface area contributed by atoms with Gasteiger partial charge in [0.2, 0.25) is 5.89 Å². The first-order valence-corrected chi connectivity index (χ1v) is 5.81. The second-order valence-electron chi connectivity index (χ2n) is 4.20. The Morgan fingerprint density at radius 2 is 2.17 bits per heavy atom. The molecule has 1 aromatic carbocycles. The van der Waals surface area contributed by atoms with Gasteiger partial charge in [-0.15, -0.1) is 10.2 Å². The van der Waals surface area contributed by atoms with E-state index in [0.29, 0.717) is 29.0 Å². The summed E-state index contributed by atoms with van der Waals surface area (Å²) in [5.41, 5.74) is 0.499. The van der Waals surface area contributed by atoms with Gasteiger partial charge in [0.05, 0.1) is 5.56 Å². The maximum atomic E-state index is 8.92. The van der Waals surface area contributed by atoms with Crippen LogP contribution in [0.4, 0.5) is 0 Å². The number of nitrogens with zero attached hydrogens (tertiary/aromatic N) is 3. The van der Waals surface area contributed by atoms with E-state index >= 15 is 0 Å². The molecular weight excluding hydrogens is 230 g/mol. The third-order valence-electron chi connectivity index (χ3n) is 2.77. The van der Waals surface area contributed by atoms with Crippen LogP contribution in [0.2, 0.25) is 0 Å². The van der Waals surface area contributed by atoms with E-state index in [4.69, 9.17) is 14.4 Å². The fourth-order valence-corrected chi connectivity index (χ4v) is 1.64. The Bertz CT molecular complexity index is 596. The minimum atomic E-state index is 0.193. The molecule has 1 aliphatic carbocycles. The minimum Gasteiger partial charge on any atom is -0.482 e. The summed E-state index contributed by atoms with van der Waals surface area (Å²) < 4.78 is 11.0. The topological polar surface area (TPSA) is 71.9 Å². The van der Waals surface area contributed by atoms with Gasteiger partial charge in [-0.2, -0.15) is 5.26 Å². The normalized spacial score (nSPS) is 14.2. The van der Waals surface area contributed by atoms with Crippen molar-refractivity contribution < 1.29 is 9.15 Å². The van der Waals surface area contributed by atoms with Gasteiger partial charge in [-0.1, -0.05) is 12.1 Å². The summed E-state index contributed by atoms with van der Waals surface area (Å²) in [7, 11) is 0. The zero-order valence-electron chi connectivity index (χ0n) is 9.67. The highest BCUT2D eigenvalue weighted by Crippen LogP contribution is 2.39. The lowest BCUT2D eigenvalue weighted by Crippen LogP contribution is -1.97. The van der Waals surface area contributed by atoms with Gasteiger partial charge in [0.1, 0.15) is 11.8 Å². The summed E-state index contributed by atoms with van der Waals surface area (Å²) in [6.07, 6.45) is 2.25. The highest BCUT2D eigenvalue weighted by molar-refractivity contribution is 5.42. The Kier molecular flexibility index (Phi) is 2.69. The van der Waals surface area contributed by atoms with Crippen LogP contribution in [0.5, 0.6) is 5.75 Å². The fraction of sp³-hybridized carbons (Fsp3) is 0.308. The van der Waals surface area contributed by atoms with Crippen molar-refractivity contribution in [2.24, 2.45) is 0 Å². The van der Waals surface area contributed by atoms with E-state index in [1.807, 2.05) is 6.07 Å². The Morgan fingerprint density at radius 3 is 2.94 bits per heavy atom. The average Bonchev–Trinajstić information content (AvgIpc) is 3.16. The van der Waals surface area contributed by atoms with Crippen LogP contribution in [0.3, 0.4) is 0 Å². The molecule has 5 nitrogen and oxygen atoms in total. The Hall–Kier alpha value is -2.35. The van der Waals surface area contributed by atoms with Gasteiger partial charge in [-0.05, 0) is 25.0 Å². The number of benzene rings is 1. The number of nitriles is 1.